The molecule has 30 heavy (non-hydrogen) atoms. The average molecular weight is 424 g/mol. The quantitative estimate of drug-likeness (QED) is 0.649. The van der Waals surface area contributed by atoms with Crippen LogP contribution in [0.5, 0.6) is 0 Å². The fraction of sp³-hybridized carbons (Fsp3) is 0.261. The third kappa shape index (κ3) is 4.71. The molecule has 2 aromatic carbocycles. The van der Waals surface area contributed by atoms with Gasteiger partial charge < -0.3 is 14.6 Å². The molecule has 0 unspecified atom stereocenters. The van der Waals surface area contributed by atoms with Crippen molar-refractivity contribution < 1.29 is 14.0 Å². The van der Waals surface area contributed by atoms with Crippen molar-refractivity contribution in [1.82, 2.24) is 15.2 Å². The first-order chi connectivity index (χ1) is 14.6. The van der Waals surface area contributed by atoms with E-state index in [0.29, 0.717) is 29.4 Å². The van der Waals surface area contributed by atoms with E-state index in [-0.39, 0.29) is 24.4 Å². The van der Waals surface area contributed by atoms with Gasteiger partial charge >= 0.3 is 0 Å². The van der Waals surface area contributed by atoms with Gasteiger partial charge in [0.2, 0.25) is 11.8 Å². The number of aromatic nitrogens is 1. The zero-order valence-electron chi connectivity index (χ0n) is 16.4. The number of nitrogens with one attached hydrogen (secondary N) is 1. The Morgan fingerprint density at radius 1 is 1.13 bits per heavy atom. The van der Waals surface area contributed by atoms with Crippen LogP contribution in [0.1, 0.15) is 46.5 Å². The molecule has 7 heteroatoms. The minimum absolute atomic E-state index is 0.0530. The van der Waals surface area contributed by atoms with Crippen molar-refractivity contribution in [1.29, 1.82) is 0 Å². The molecule has 1 N–H and O–H groups in total. The Labute approximate surface area is 179 Å². The van der Waals surface area contributed by atoms with Gasteiger partial charge in [-0.1, -0.05) is 41.9 Å². The summed E-state index contributed by atoms with van der Waals surface area (Å²) in [7, 11) is 0. The zero-order chi connectivity index (χ0) is 20.9. The second kappa shape index (κ2) is 9.13. The molecule has 0 spiro atoms. The maximum absolute atomic E-state index is 12.7. The van der Waals surface area contributed by atoms with Gasteiger partial charge in [-0.05, 0) is 42.7 Å². The van der Waals surface area contributed by atoms with E-state index in [1.807, 2.05) is 30.3 Å². The molecule has 0 radical (unpaired) electrons. The predicted molar refractivity (Wildman–Crippen MR) is 113 cm³/mol. The molecule has 1 aliphatic rings. The van der Waals surface area contributed by atoms with Crippen LogP contribution in [-0.2, 0) is 11.2 Å². The molecule has 0 saturated carbocycles. The van der Waals surface area contributed by atoms with E-state index in [4.69, 9.17) is 16.0 Å². The second-order valence-electron chi connectivity index (χ2n) is 7.26. The molecule has 0 bridgehead atoms. The Bertz CT molecular complexity index is 1020. The van der Waals surface area contributed by atoms with E-state index in [1.165, 1.54) is 0 Å². The number of carbonyl (C=O) groups is 2. The number of nitrogens with zero attached hydrogens (tertiary/aromatic N) is 2. The number of hydrogen-bond acceptors (Lipinski definition) is 4. The first-order valence-electron chi connectivity index (χ1n) is 9.92. The Kier molecular flexibility index (Phi) is 6.14. The van der Waals surface area contributed by atoms with Gasteiger partial charge in [0, 0.05) is 23.6 Å². The highest BCUT2D eigenvalue weighted by molar-refractivity contribution is 6.30. The Hall–Kier alpha value is -3.12. The molecular weight excluding hydrogens is 402 g/mol. The summed E-state index contributed by atoms with van der Waals surface area (Å²) in [5, 5.41) is 3.39. The summed E-state index contributed by atoms with van der Waals surface area (Å²) >= 11 is 5.93. The van der Waals surface area contributed by atoms with Crippen molar-refractivity contribution in [2.45, 2.75) is 25.3 Å². The first kappa shape index (κ1) is 20.2. The number of amides is 2. The normalized spacial score (nSPS) is 15.9. The van der Waals surface area contributed by atoms with Gasteiger partial charge in [0.1, 0.15) is 11.8 Å². The SMILES string of the molecule is O=C(NCC(=O)N1CCC[C@H]1c1ncc(Cc2ccc(Cl)cc2)o1)c1ccccc1. The summed E-state index contributed by atoms with van der Waals surface area (Å²) in [5.74, 6) is 0.878. The molecule has 1 saturated heterocycles. The Morgan fingerprint density at radius 3 is 2.67 bits per heavy atom. The van der Waals surface area contributed by atoms with E-state index in [0.717, 1.165) is 24.2 Å². The number of halogens is 1. The largest absolute Gasteiger partial charge is 0.443 e. The molecule has 2 amide bonds. The Balaban J connectivity index is 1.37. The van der Waals surface area contributed by atoms with E-state index >= 15 is 0 Å². The van der Waals surface area contributed by atoms with Crippen molar-refractivity contribution in [3.63, 3.8) is 0 Å². The van der Waals surface area contributed by atoms with Crippen LogP contribution >= 0.6 is 11.6 Å². The summed E-state index contributed by atoms with van der Waals surface area (Å²) < 4.78 is 5.95. The van der Waals surface area contributed by atoms with E-state index < -0.39 is 0 Å². The van der Waals surface area contributed by atoms with Crippen LogP contribution in [0.2, 0.25) is 5.02 Å². The van der Waals surface area contributed by atoms with E-state index in [2.05, 4.69) is 10.3 Å². The molecule has 6 nitrogen and oxygen atoms in total. The number of carbonyl (C=O) groups excluding carboxylic acids is 2. The zero-order valence-corrected chi connectivity index (χ0v) is 17.1. The molecule has 1 aliphatic heterocycles. The van der Waals surface area contributed by atoms with Crippen molar-refractivity contribution in [3.05, 3.63) is 88.6 Å². The van der Waals surface area contributed by atoms with Gasteiger partial charge in [0.05, 0.1) is 12.7 Å². The molecule has 1 atom stereocenters. The standard InChI is InChI=1S/C23H22ClN3O3/c24-18-10-8-16(9-11-18)13-19-14-26-23(30-19)20-7-4-12-27(20)21(28)15-25-22(29)17-5-2-1-3-6-17/h1-3,5-6,8-11,14,20H,4,7,12-13,15H2,(H,25,29)/t20-/m0/s1. The highest BCUT2D eigenvalue weighted by Gasteiger charge is 2.33. The molecule has 154 valence electrons. The number of likely N-dealkylation sites (tertiary alicyclic amines) is 1. The van der Waals surface area contributed by atoms with Crippen LogP contribution in [0.15, 0.2) is 65.2 Å². The van der Waals surface area contributed by atoms with Crippen molar-refractivity contribution in [2.24, 2.45) is 0 Å². The van der Waals surface area contributed by atoms with Gasteiger partial charge in [-0.15, -0.1) is 0 Å². The minimum atomic E-state index is -0.263. The third-order valence-corrected chi connectivity index (χ3v) is 5.41. The topological polar surface area (TPSA) is 75.4 Å². The molecule has 4 rings (SSSR count). The summed E-state index contributed by atoms with van der Waals surface area (Å²) in [6.45, 7) is 0.572. The minimum Gasteiger partial charge on any atom is -0.443 e. The van der Waals surface area contributed by atoms with Gasteiger partial charge in [0.15, 0.2) is 0 Å². The smallest absolute Gasteiger partial charge is 0.251 e. The number of oxazole rings is 1. The van der Waals surface area contributed by atoms with Crippen LogP contribution in [-0.4, -0.2) is 34.8 Å². The summed E-state index contributed by atoms with van der Waals surface area (Å²) in [4.78, 5) is 31.1. The lowest BCUT2D eigenvalue weighted by molar-refractivity contribution is -0.131. The van der Waals surface area contributed by atoms with Crippen molar-refractivity contribution in [2.75, 3.05) is 13.1 Å². The number of rotatable bonds is 6. The lowest BCUT2D eigenvalue weighted by Crippen LogP contribution is -2.39. The van der Waals surface area contributed by atoms with Gasteiger partial charge in [-0.2, -0.15) is 0 Å². The molecule has 3 aromatic rings. The fourth-order valence-electron chi connectivity index (χ4n) is 3.63. The lowest BCUT2D eigenvalue weighted by atomic mass is 10.1. The molecule has 1 aromatic heterocycles. The summed E-state index contributed by atoms with van der Waals surface area (Å²) in [6, 6.07) is 16.2. The highest BCUT2D eigenvalue weighted by Crippen LogP contribution is 2.32. The first-order valence-corrected chi connectivity index (χ1v) is 10.3. The molecular formula is C23H22ClN3O3. The highest BCUT2D eigenvalue weighted by atomic mass is 35.5. The maximum atomic E-state index is 12.7. The van der Waals surface area contributed by atoms with Gasteiger partial charge in [0.25, 0.3) is 5.91 Å². The Morgan fingerprint density at radius 2 is 1.90 bits per heavy atom. The average Bonchev–Trinajstić information content (AvgIpc) is 3.43. The van der Waals surface area contributed by atoms with E-state index in [9.17, 15) is 9.59 Å². The third-order valence-electron chi connectivity index (χ3n) is 5.16. The second-order valence-corrected chi connectivity index (χ2v) is 7.70. The van der Waals surface area contributed by atoms with Crippen LogP contribution in [0.4, 0.5) is 0 Å². The lowest BCUT2D eigenvalue weighted by Gasteiger charge is -2.22. The van der Waals surface area contributed by atoms with Crippen LogP contribution in [0.3, 0.4) is 0 Å². The summed E-state index contributed by atoms with van der Waals surface area (Å²) in [6.07, 6.45) is 3.98. The fourth-order valence-corrected chi connectivity index (χ4v) is 3.76. The number of hydrogen-bond donors (Lipinski definition) is 1. The number of benzene rings is 2. The van der Waals surface area contributed by atoms with E-state index in [1.54, 1.807) is 35.4 Å². The summed E-state index contributed by atoms with van der Waals surface area (Å²) in [5.41, 5.74) is 1.60. The monoisotopic (exact) mass is 423 g/mol. The van der Waals surface area contributed by atoms with Crippen LogP contribution < -0.4 is 5.32 Å². The molecule has 1 fully saturated rings. The van der Waals surface area contributed by atoms with Crippen molar-refractivity contribution >= 4 is 23.4 Å². The molecule has 2 heterocycles. The maximum Gasteiger partial charge on any atom is 0.251 e. The van der Waals surface area contributed by atoms with Crippen molar-refractivity contribution in [3.8, 4) is 0 Å². The van der Waals surface area contributed by atoms with Gasteiger partial charge in [-0.3, -0.25) is 9.59 Å². The van der Waals surface area contributed by atoms with Crippen LogP contribution in [0.25, 0.3) is 0 Å². The van der Waals surface area contributed by atoms with Crippen LogP contribution in [0, 0.1) is 0 Å². The predicted octanol–water partition coefficient (Wildman–Crippen LogP) is 4.01. The molecule has 0 aliphatic carbocycles. The van der Waals surface area contributed by atoms with Gasteiger partial charge in [-0.25, -0.2) is 4.98 Å².